The molecule has 0 bridgehead atoms. The largest absolute Gasteiger partial charge is 0.357 e. The molecule has 7 nitrogen and oxygen atoms in total. The van der Waals surface area contributed by atoms with Gasteiger partial charge in [0.1, 0.15) is 6.04 Å². The summed E-state index contributed by atoms with van der Waals surface area (Å²) < 4.78 is 26.5. The first-order chi connectivity index (χ1) is 14.8. The zero-order valence-electron chi connectivity index (χ0n) is 18.3. The van der Waals surface area contributed by atoms with Gasteiger partial charge >= 0.3 is 0 Å². The molecule has 0 radical (unpaired) electrons. The van der Waals surface area contributed by atoms with Gasteiger partial charge in [-0.15, -0.1) is 0 Å². The fourth-order valence-electron chi connectivity index (χ4n) is 3.27. The maximum absolute atomic E-state index is 12.9. The summed E-state index contributed by atoms with van der Waals surface area (Å²) in [6.07, 6.45) is 1.16. The molecule has 8 heteroatoms. The average Bonchev–Trinajstić information content (AvgIpc) is 2.79. The molecule has 0 aliphatic rings. The third-order valence-electron chi connectivity index (χ3n) is 5.21. The number of nitrogens with zero attached hydrogens (tertiary/aromatic N) is 2. The van der Waals surface area contributed by atoms with Crippen molar-refractivity contribution in [3.63, 3.8) is 0 Å². The van der Waals surface area contributed by atoms with Crippen molar-refractivity contribution in [2.24, 2.45) is 0 Å². The first-order valence-electron chi connectivity index (χ1n) is 10.3. The maximum Gasteiger partial charge on any atom is 0.242 e. The van der Waals surface area contributed by atoms with Crippen LogP contribution < -0.4 is 5.32 Å². The molecule has 1 atom stereocenters. The summed E-state index contributed by atoms with van der Waals surface area (Å²) in [5, 5.41) is 2.59. The second-order valence-electron chi connectivity index (χ2n) is 7.36. The Morgan fingerprint density at radius 3 is 2.13 bits per heavy atom. The molecule has 0 heterocycles. The second-order valence-corrected chi connectivity index (χ2v) is 9.40. The second kappa shape index (κ2) is 11.6. The summed E-state index contributed by atoms with van der Waals surface area (Å²) in [5.41, 5.74) is 1.08. The van der Waals surface area contributed by atoms with Gasteiger partial charge in [0.25, 0.3) is 0 Å². The lowest BCUT2D eigenvalue weighted by Gasteiger charge is -2.28. The molecule has 0 aliphatic heterocycles. The number of benzene rings is 2. The van der Waals surface area contributed by atoms with Crippen LogP contribution in [-0.4, -0.2) is 62.7 Å². The Kier molecular flexibility index (Phi) is 9.21. The summed E-state index contributed by atoms with van der Waals surface area (Å²) >= 11 is 0. The van der Waals surface area contributed by atoms with Gasteiger partial charge in [0, 0.05) is 33.6 Å². The average molecular weight is 446 g/mol. The van der Waals surface area contributed by atoms with Gasteiger partial charge in [-0.1, -0.05) is 48.5 Å². The molecule has 2 amide bonds. The Bertz CT molecular complexity index is 949. The van der Waals surface area contributed by atoms with E-state index in [2.05, 4.69) is 5.32 Å². The van der Waals surface area contributed by atoms with E-state index in [1.54, 1.807) is 49.2 Å². The molecule has 2 rings (SSSR count). The van der Waals surface area contributed by atoms with E-state index in [9.17, 15) is 18.0 Å². The van der Waals surface area contributed by atoms with E-state index in [4.69, 9.17) is 0 Å². The molecule has 0 spiro atoms. The van der Waals surface area contributed by atoms with E-state index < -0.39 is 16.1 Å². The summed E-state index contributed by atoms with van der Waals surface area (Å²) in [5.74, 6) is -0.400. The van der Waals surface area contributed by atoms with E-state index in [0.717, 1.165) is 5.56 Å². The van der Waals surface area contributed by atoms with E-state index in [1.807, 2.05) is 30.3 Å². The van der Waals surface area contributed by atoms with Crippen LogP contribution in [0.25, 0.3) is 0 Å². The topological polar surface area (TPSA) is 86.8 Å². The van der Waals surface area contributed by atoms with Crippen LogP contribution >= 0.6 is 0 Å². The van der Waals surface area contributed by atoms with Crippen molar-refractivity contribution in [3.05, 3.63) is 66.2 Å². The number of hydrogen-bond acceptors (Lipinski definition) is 4. The number of amides is 2. The number of hydrogen-bond donors (Lipinski definition) is 1. The van der Waals surface area contributed by atoms with Gasteiger partial charge in [0.05, 0.1) is 4.90 Å². The first-order valence-corrected chi connectivity index (χ1v) is 11.8. The van der Waals surface area contributed by atoms with E-state index >= 15 is 0 Å². The highest BCUT2D eigenvalue weighted by Gasteiger charge is 2.25. The van der Waals surface area contributed by atoms with Crippen molar-refractivity contribution in [3.8, 4) is 0 Å². The van der Waals surface area contributed by atoms with E-state index in [1.165, 1.54) is 11.4 Å². The first kappa shape index (κ1) is 24.6. The molecular weight excluding hydrogens is 414 g/mol. The number of likely N-dealkylation sites (N-methyl/N-ethyl adjacent to an activating group) is 1. The number of nitrogens with one attached hydrogen (secondary N) is 1. The highest BCUT2D eigenvalue weighted by molar-refractivity contribution is 7.89. The van der Waals surface area contributed by atoms with Gasteiger partial charge in [-0.2, -0.15) is 0 Å². The Morgan fingerprint density at radius 1 is 0.968 bits per heavy atom. The summed E-state index contributed by atoms with van der Waals surface area (Å²) in [6.45, 7) is 2.33. The molecule has 2 aromatic carbocycles. The minimum absolute atomic E-state index is 0.158. The maximum atomic E-state index is 12.9. The lowest BCUT2D eigenvalue weighted by atomic mass is 10.1. The Morgan fingerprint density at radius 2 is 1.55 bits per heavy atom. The highest BCUT2D eigenvalue weighted by Crippen LogP contribution is 2.15. The third kappa shape index (κ3) is 6.90. The Balaban J connectivity index is 1.98. The Labute approximate surface area is 185 Å². The lowest BCUT2D eigenvalue weighted by Crippen LogP contribution is -2.48. The van der Waals surface area contributed by atoms with Gasteiger partial charge in [0.15, 0.2) is 0 Å². The predicted molar refractivity (Wildman–Crippen MR) is 121 cm³/mol. The van der Waals surface area contributed by atoms with Crippen LogP contribution in [0.15, 0.2) is 65.6 Å². The molecule has 0 fully saturated rings. The van der Waals surface area contributed by atoms with Crippen molar-refractivity contribution >= 4 is 21.8 Å². The normalized spacial score (nSPS) is 12.4. The molecule has 0 aliphatic carbocycles. The number of carbonyl (C=O) groups excluding carboxylic acids is 2. The van der Waals surface area contributed by atoms with Gasteiger partial charge in [-0.05, 0) is 37.5 Å². The van der Waals surface area contributed by atoms with Gasteiger partial charge < -0.3 is 10.2 Å². The monoisotopic (exact) mass is 445 g/mol. The van der Waals surface area contributed by atoms with Crippen LogP contribution in [0.4, 0.5) is 0 Å². The zero-order valence-corrected chi connectivity index (χ0v) is 19.1. The summed E-state index contributed by atoms with van der Waals surface area (Å²) in [4.78, 5) is 26.8. The molecule has 168 valence electrons. The third-order valence-corrected chi connectivity index (χ3v) is 7.08. The molecule has 0 saturated heterocycles. The van der Waals surface area contributed by atoms with Crippen molar-refractivity contribution in [1.82, 2.24) is 14.5 Å². The van der Waals surface area contributed by atoms with Crippen LogP contribution in [0.1, 0.15) is 25.3 Å². The van der Waals surface area contributed by atoms with Crippen LogP contribution in [0, 0.1) is 0 Å². The van der Waals surface area contributed by atoms with Crippen molar-refractivity contribution in [1.29, 1.82) is 0 Å². The van der Waals surface area contributed by atoms with Gasteiger partial charge in [-0.25, -0.2) is 12.7 Å². The lowest BCUT2D eigenvalue weighted by molar-refractivity contribution is -0.139. The van der Waals surface area contributed by atoms with E-state index in [-0.39, 0.29) is 29.7 Å². The number of rotatable bonds is 11. The summed E-state index contributed by atoms with van der Waals surface area (Å²) in [6, 6.07) is 17.4. The molecule has 1 unspecified atom stereocenters. The van der Waals surface area contributed by atoms with E-state index in [0.29, 0.717) is 19.4 Å². The van der Waals surface area contributed by atoms with Crippen LogP contribution in [0.3, 0.4) is 0 Å². The van der Waals surface area contributed by atoms with Crippen molar-refractivity contribution in [2.75, 3.05) is 27.2 Å². The SMILES string of the molecule is CNC(=O)C(C)N(CCc1ccccc1)C(=O)CCCN(C)S(=O)(=O)c1ccccc1. The summed E-state index contributed by atoms with van der Waals surface area (Å²) in [7, 11) is -0.542. The smallest absolute Gasteiger partial charge is 0.242 e. The fraction of sp³-hybridized carbons (Fsp3) is 0.391. The van der Waals surface area contributed by atoms with Gasteiger partial charge in [-0.3, -0.25) is 9.59 Å². The zero-order chi connectivity index (χ0) is 22.9. The minimum Gasteiger partial charge on any atom is -0.357 e. The molecule has 1 N–H and O–H groups in total. The number of sulfonamides is 1. The molecule has 0 aromatic heterocycles. The number of carbonyl (C=O) groups is 2. The molecule has 31 heavy (non-hydrogen) atoms. The highest BCUT2D eigenvalue weighted by atomic mass is 32.2. The Hall–Kier alpha value is -2.71. The molecule has 0 saturated carbocycles. The quantitative estimate of drug-likeness (QED) is 0.575. The molecular formula is C23H31N3O4S. The van der Waals surface area contributed by atoms with Crippen molar-refractivity contribution < 1.29 is 18.0 Å². The fourth-order valence-corrected chi connectivity index (χ4v) is 4.50. The minimum atomic E-state index is -3.59. The van der Waals surface area contributed by atoms with Gasteiger partial charge in [0.2, 0.25) is 21.8 Å². The van der Waals surface area contributed by atoms with Crippen LogP contribution in [0.2, 0.25) is 0 Å². The van der Waals surface area contributed by atoms with Crippen LogP contribution in [0.5, 0.6) is 0 Å². The van der Waals surface area contributed by atoms with Crippen LogP contribution in [-0.2, 0) is 26.0 Å². The predicted octanol–water partition coefficient (Wildman–Crippen LogP) is 2.29. The molecule has 2 aromatic rings. The standard InChI is InChI=1S/C23H31N3O4S/c1-19(23(28)24-2)26(18-16-20-11-6-4-7-12-20)22(27)15-10-17-25(3)31(29,30)21-13-8-5-9-14-21/h4-9,11-14,19H,10,15-18H2,1-3H3,(H,24,28). The van der Waals surface area contributed by atoms with Crippen molar-refractivity contribution in [2.45, 2.75) is 37.1 Å².